The van der Waals surface area contributed by atoms with Crippen LogP contribution in [0.4, 0.5) is 0 Å². The van der Waals surface area contributed by atoms with Gasteiger partial charge in [-0.15, -0.1) is 24.0 Å². The van der Waals surface area contributed by atoms with Gasteiger partial charge in [-0.05, 0) is 25.9 Å². The van der Waals surface area contributed by atoms with Gasteiger partial charge in [0.25, 0.3) is 8.32 Å². The molecule has 0 atom stereocenters. The van der Waals surface area contributed by atoms with Crippen LogP contribution in [0.15, 0.2) is 12.7 Å². The van der Waals surface area contributed by atoms with Crippen molar-refractivity contribution in [3.05, 3.63) is 12.7 Å². The monoisotopic (exact) mass is 292 g/mol. The Bertz CT molecular complexity index is 383. The summed E-state index contributed by atoms with van der Waals surface area (Å²) in [4.78, 5) is 0. The lowest BCUT2D eigenvalue weighted by molar-refractivity contribution is 0.363. The molecule has 0 aromatic heterocycles. The topological polar surface area (TPSA) is 9.23 Å². The first-order valence-corrected chi connectivity index (χ1v) is 13.4. The number of hydrogen-bond donors (Lipinski definition) is 0. The van der Waals surface area contributed by atoms with Crippen LogP contribution in [0, 0.1) is 22.9 Å². The molecular formula is C16H28OSi2. The van der Waals surface area contributed by atoms with E-state index in [4.69, 9.17) is 4.43 Å². The molecule has 0 saturated carbocycles. The molecule has 0 aliphatic rings. The Hall–Kier alpha value is -0.746. The normalized spacial score (nSPS) is 11.0. The zero-order chi connectivity index (χ0) is 14.8. The van der Waals surface area contributed by atoms with Crippen molar-refractivity contribution in [1.82, 2.24) is 0 Å². The van der Waals surface area contributed by atoms with Crippen molar-refractivity contribution in [2.45, 2.75) is 58.4 Å². The number of rotatable bonds is 6. The van der Waals surface area contributed by atoms with Crippen LogP contribution in [0.25, 0.3) is 0 Å². The van der Waals surface area contributed by atoms with E-state index in [1.54, 1.807) is 6.08 Å². The van der Waals surface area contributed by atoms with Crippen molar-refractivity contribution >= 4 is 16.4 Å². The molecule has 0 radical (unpaired) electrons. The van der Waals surface area contributed by atoms with Crippen molar-refractivity contribution in [3.8, 4) is 22.9 Å². The summed E-state index contributed by atoms with van der Waals surface area (Å²) >= 11 is 0. The molecule has 0 aliphatic carbocycles. The second-order valence-electron chi connectivity index (χ2n) is 6.17. The maximum Gasteiger partial charge on any atom is 0.266 e. The molecule has 3 heteroatoms. The molecule has 0 bridgehead atoms. The first-order chi connectivity index (χ1) is 8.77. The van der Waals surface area contributed by atoms with Crippen LogP contribution < -0.4 is 0 Å². The van der Waals surface area contributed by atoms with Gasteiger partial charge in [0.05, 0.1) is 6.61 Å². The van der Waals surface area contributed by atoms with Crippen molar-refractivity contribution < 1.29 is 4.43 Å². The zero-order valence-electron chi connectivity index (χ0n) is 13.2. The molecule has 0 N–H and O–H groups in total. The van der Waals surface area contributed by atoms with Gasteiger partial charge >= 0.3 is 0 Å². The minimum atomic E-state index is -1.78. The largest absolute Gasteiger partial charge is 0.402 e. The van der Waals surface area contributed by atoms with Gasteiger partial charge < -0.3 is 4.43 Å². The second-order valence-corrected chi connectivity index (χ2v) is 14.5. The fourth-order valence-electron chi connectivity index (χ4n) is 1.33. The summed E-state index contributed by atoms with van der Waals surface area (Å²) < 4.78 is 5.69. The fourth-order valence-corrected chi connectivity index (χ4v) is 3.15. The van der Waals surface area contributed by atoms with Crippen LogP contribution in [0.5, 0.6) is 0 Å². The molecule has 0 saturated heterocycles. The zero-order valence-corrected chi connectivity index (χ0v) is 15.2. The van der Waals surface area contributed by atoms with Gasteiger partial charge in [0.1, 0.15) is 8.07 Å². The van der Waals surface area contributed by atoms with Gasteiger partial charge in [-0.2, -0.15) is 0 Å². The summed E-state index contributed by atoms with van der Waals surface area (Å²) in [7, 11) is -2.96. The average molecular weight is 293 g/mol. The van der Waals surface area contributed by atoms with Crippen LogP contribution in [0.2, 0.25) is 32.7 Å². The third-order valence-corrected chi connectivity index (χ3v) is 4.86. The van der Waals surface area contributed by atoms with E-state index < -0.39 is 16.4 Å². The van der Waals surface area contributed by atoms with Gasteiger partial charge in [0.15, 0.2) is 0 Å². The predicted molar refractivity (Wildman–Crippen MR) is 91.0 cm³/mol. The van der Waals surface area contributed by atoms with Crippen LogP contribution in [0.1, 0.15) is 25.7 Å². The van der Waals surface area contributed by atoms with Gasteiger partial charge in [0, 0.05) is 12.8 Å². The molecule has 0 spiro atoms. The maximum absolute atomic E-state index is 5.69. The fraction of sp³-hybridized carbons (Fsp3) is 0.625. The average Bonchev–Trinajstić information content (AvgIpc) is 2.28. The molecule has 0 heterocycles. The number of hydrogen-bond acceptors (Lipinski definition) is 1. The highest BCUT2D eigenvalue weighted by molar-refractivity contribution is 6.83. The lowest BCUT2D eigenvalue weighted by Crippen LogP contribution is -2.28. The van der Waals surface area contributed by atoms with E-state index in [1.165, 1.54) is 0 Å². The standard InChI is InChI=1S/C16H28OSi2/c1-7-14-17-19(5,6)16-13-11-9-8-10-12-15-18(2,3)4/h7H,1,8-11,14H2,2-6H3. The highest BCUT2D eigenvalue weighted by Crippen LogP contribution is 2.04. The lowest BCUT2D eigenvalue weighted by atomic mass is 10.2. The molecule has 19 heavy (non-hydrogen) atoms. The van der Waals surface area contributed by atoms with Crippen molar-refractivity contribution in [3.63, 3.8) is 0 Å². The van der Waals surface area contributed by atoms with Crippen molar-refractivity contribution in [2.75, 3.05) is 6.61 Å². The van der Waals surface area contributed by atoms with E-state index in [9.17, 15) is 0 Å². The molecule has 0 aliphatic heterocycles. The Morgan fingerprint density at radius 1 is 0.947 bits per heavy atom. The summed E-state index contributed by atoms with van der Waals surface area (Å²) in [6, 6.07) is 0. The van der Waals surface area contributed by atoms with Crippen LogP contribution >= 0.6 is 0 Å². The maximum atomic E-state index is 5.69. The van der Waals surface area contributed by atoms with Gasteiger partial charge in [-0.25, -0.2) is 0 Å². The molecule has 106 valence electrons. The molecule has 0 aromatic carbocycles. The van der Waals surface area contributed by atoms with Crippen LogP contribution in [-0.2, 0) is 4.43 Å². The number of unbranched alkanes of at least 4 members (excludes halogenated alkanes) is 3. The third kappa shape index (κ3) is 13.5. The van der Waals surface area contributed by atoms with Crippen LogP contribution in [0.3, 0.4) is 0 Å². The van der Waals surface area contributed by atoms with E-state index in [2.05, 4.69) is 62.2 Å². The summed E-state index contributed by atoms with van der Waals surface area (Å²) in [5, 5.41) is 0. The summed E-state index contributed by atoms with van der Waals surface area (Å²) in [5.41, 5.74) is 6.69. The summed E-state index contributed by atoms with van der Waals surface area (Å²) in [6.07, 6.45) is 6.05. The minimum Gasteiger partial charge on any atom is -0.402 e. The minimum absolute atomic E-state index is 0.611. The molecule has 0 rings (SSSR count). The predicted octanol–water partition coefficient (Wildman–Crippen LogP) is 4.38. The molecule has 0 fully saturated rings. The Morgan fingerprint density at radius 2 is 1.47 bits per heavy atom. The summed E-state index contributed by atoms with van der Waals surface area (Å²) in [5.74, 6) is 6.55. The van der Waals surface area contributed by atoms with Crippen molar-refractivity contribution in [2.24, 2.45) is 0 Å². The van der Waals surface area contributed by atoms with Gasteiger partial charge in [-0.1, -0.05) is 31.3 Å². The van der Waals surface area contributed by atoms with E-state index in [1.807, 2.05) is 0 Å². The highest BCUT2D eigenvalue weighted by atomic mass is 28.4. The SMILES string of the molecule is C=CCO[Si](C)(C)C#CCCCCC#C[Si](C)(C)C. The molecule has 1 nitrogen and oxygen atoms in total. The molecule has 0 aromatic rings. The van der Waals surface area contributed by atoms with E-state index in [-0.39, 0.29) is 0 Å². The second kappa shape index (κ2) is 9.20. The lowest BCUT2D eigenvalue weighted by Gasteiger charge is -2.13. The molecule has 0 amide bonds. The first-order valence-electron chi connectivity index (χ1n) is 7.02. The Balaban J connectivity index is 3.80. The highest BCUT2D eigenvalue weighted by Gasteiger charge is 2.17. The van der Waals surface area contributed by atoms with Gasteiger partial charge in [0.2, 0.25) is 0 Å². The third-order valence-electron chi connectivity index (χ3n) is 2.27. The Kier molecular flexibility index (Phi) is 8.84. The quantitative estimate of drug-likeness (QED) is 0.305. The van der Waals surface area contributed by atoms with Crippen LogP contribution in [-0.4, -0.2) is 23.0 Å². The Labute approximate surface area is 122 Å². The first kappa shape index (κ1) is 18.3. The van der Waals surface area contributed by atoms with Crippen molar-refractivity contribution in [1.29, 1.82) is 0 Å². The van der Waals surface area contributed by atoms with E-state index >= 15 is 0 Å². The van der Waals surface area contributed by atoms with E-state index in [0.29, 0.717) is 6.61 Å². The Morgan fingerprint density at radius 3 is 1.95 bits per heavy atom. The van der Waals surface area contributed by atoms with Gasteiger partial charge in [-0.3, -0.25) is 0 Å². The smallest absolute Gasteiger partial charge is 0.266 e. The molecular weight excluding hydrogens is 264 g/mol. The molecule has 0 unspecified atom stereocenters. The summed E-state index contributed by atoms with van der Waals surface area (Å²) in [6.45, 7) is 15.4. The van der Waals surface area contributed by atoms with E-state index in [0.717, 1.165) is 25.7 Å².